The van der Waals surface area contributed by atoms with E-state index in [1.165, 1.54) is 63.6 Å². The Hall–Kier alpha value is -5.12. The van der Waals surface area contributed by atoms with Gasteiger partial charge in [-0.3, -0.25) is 4.79 Å². The molecule has 9 heterocycles. The standard InChI is InChI=1S/C20H25N5O3S.C13H22N2O2.C7H5N3O2S.C4H8O/c1-12-5-6-14(17-23-16(13(2)28-17)20(3,4)27)11-24(12)18(26)15-7-10-29-19(15)25-21-8-9-22-25;1-8-5-6-10(7-14-8)12-15-11(9(2)17-12)13(3,4)16;11-7(12)5-1-4-13-6(5)10-8-2-3-9-10;1-2-4-5-3-1/h7-10,12,14,27H,5-6,11H2,1-4H3;8,10,14,16H,5-7H2,1-4H3;1-4H,(H,11,12);1-4H2/t12-,14?;8-,10?;;/m11../s1. The molecule has 3 saturated heterocycles. The van der Waals surface area contributed by atoms with E-state index in [-0.39, 0.29) is 23.4 Å². The number of likely N-dealkylation sites (tertiary alicyclic amines) is 1. The van der Waals surface area contributed by atoms with E-state index in [1.807, 2.05) is 30.2 Å². The molecule has 0 radical (unpaired) electrons. The predicted octanol–water partition coefficient (Wildman–Crippen LogP) is 7.15. The number of carboxylic acids is 1. The number of nitrogens with one attached hydrogen (secondary N) is 1. The van der Waals surface area contributed by atoms with Gasteiger partial charge in [0.05, 0.1) is 41.8 Å². The average molecular weight is 921 g/mol. The van der Waals surface area contributed by atoms with Gasteiger partial charge in [0.25, 0.3) is 5.91 Å². The highest BCUT2D eigenvalue weighted by Crippen LogP contribution is 2.35. The van der Waals surface area contributed by atoms with Crippen molar-refractivity contribution in [3.8, 4) is 10.0 Å². The van der Waals surface area contributed by atoms with E-state index in [0.717, 1.165) is 57.1 Å². The number of aromatic nitrogens is 8. The Morgan fingerprint density at radius 2 is 1.22 bits per heavy atom. The number of aromatic carboxylic acids is 1. The zero-order chi connectivity index (χ0) is 46.2. The Balaban J connectivity index is 0.000000163. The largest absolute Gasteiger partial charge is 0.478 e. The third-order valence-electron chi connectivity index (χ3n) is 11.1. The summed E-state index contributed by atoms with van der Waals surface area (Å²) in [6.45, 7) is 18.2. The first-order valence-electron chi connectivity index (χ1n) is 21.6. The smallest absolute Gasteiger partial charge is 0.338 e. The van der Waals surface area contributed by atoms with Crippen molar-refractivity contribution < 1.29 is 38.5 Å². The second-order valence-electron chi connectivity index (χ2n) is 17.2. The van der Waals surface area contributed by atoms with Gasteiger partial charge in [0.2, 0.25) is 0 Å². The fraction of sp³-hybridized carbons (Fsp3) is 0.545. The fourth-order valence-corrected chi connectivity index (χ4v) is 9.27. The lowest BCUT2D eigenvalue weighted by molar-refractivity contribution is 0.0594. The molecule has 64 heavy (non-hydrogen) atoms. The third kappa shape index (κ3) is 12.2. The number of oxazole rings is 2. The number of hydrogen-bond acceptors (Lipinski definition) is 16. The summed E-state index contributed by atoms with van der Waals surface area (Å²) in [6.07, 6.45) is 12.7. The number of amides is 1. The van der Waals surface area contributed by atoms with Crippen LogP contribution in [0, 0.1) is 13.8 Å². The summed E-state index contributed by atoms with van der Waals surface area (Å²) >= 11 is 2.73. The van der Waals surface area contributed by atoms with Crippen molar-refractivity contribution in [2.24, 2.45) is 0 Å². The molecule has 0 saturated carbocycles. The maximum atomic E-state index is 13.4. The molecule has 3 aliphatic heterocycles. The van der Waals surface area contributed by atoms with Crippen LogP contribution in [0.25, 0.3) is 10.0 Å². The number of thiophene rings is 2. The molecular formula is C44H60N10O8S2. The first-order chi connectivity index (χ1) is 30.4. The van der Waals surface area contributed by atoms with Gasteiger partial charge < -0.3 is 39.1 Å². The Labute approximate surface area is 380 Å². The number of aryl methyl sites for hydroxylation is 2. The minimum absolute atomic E-state index is 0.00476. The summed E-state index contributed by atoms with van der Waals surface area (Å²) in [4.78, 5) is 37.8. The molecule has 4 atom stereocenters. The predicted molar refractivity (Wildman–Crippen MR) is 240 cm³/mol. The first kappa shape index (κ1) is 48.3. The zero-order valence-corrected chi connectivity index (χ0v) is 39.4. The monoisotopic (exact) mass is 920 g/mol. The lowest BCUT2D eigenvalue weighted by atomic mass is 9.92. The Bertz CT molecular complexity index is 2370. The normalized spacial score (nSPS) is 20.1. The highest BCUT2D eigenvalue weighted by molar-refractivity contribution is 7.13. The van der Waals surface area contributed by atoms with Crippen molar-refractivity contribution in [1.82, 2.24) is 50.2 Å². The highest BCUT2D eigenvalue weighted by atomic mass is 32.1. The van der Waals surface area contributed by atoms with Crippen molar-refractivity contribution >= 4 is 34.6 Å². The molecule has 9 rings (SSSR count). The van der Waals surface area contributed by atoms with E-state index in [2.05, 4.69) is 49.5 Å². The molecule has 0 bridgehead atoms. The highest BCUT2D eigenvalue weighted by Gasteiger charge is 2.36. The van der Waals surface area contributed by atoms with Crippen LogP contribution in [0.1, 0.15) is 147 Å². The molecule has 6 aromatic rings. The molecule has 3 fully saturated rings. The zero-order valence-electron chi connectivity index (χ0n) is 37.7. The SMILES string of the molecule is C1CCOC1.Cc1oc(C2CC[C@@H](C)N(C(=O)c3ccsc3-n3nccn3)C2)nc1C(C)(C)O.Cc1oc(C2CC[C@@H](C)NC2)nc1C(C)(C)O.O=C(O)c1ccsc1-n1nccn1. The average Bonchev–Trinajstić information content (AvgIpc) is 4.08. The van der Waals surface area contributed by atoms with Crippen molar-refractivity contribution in [2.75, 3.05) is 26.3 Å². The van der Waals surface area contributed by atoms with Crippen LogP contribution >= 0.6 is 22.7 Å². The van der Waals surface area contributed by atoms with Gasteiger partial charge >= 0.3 is 5.97 Å². The number of hydrogen-bond donors (Lipinski definition) is 4. The summed E-state index contributed by atoms with van der Waals surface area (Å²) in [5.41, 5.74) is 0.0352. The van der Waals surface area contributed by atoms with Crippen LogP contribution in [0.3, 0.4) is 0 Å². The van der Waals surface area contributed by atoms with Crippen LogP contribution < -0.4 is 5.32 Å². The third-order valence-corrected chi connectivity index (χ3v) is 12.8. The fourth-order valence-electron chi connectivity index (χ4n) is 7.66. The summed E-state index contributed by atoms with van der Waals surface area (Å²) < 4.78 is 16.5. The van der Waals surface area contributed by atoms with Crippen LogP contribution in [0.5, 0.6) is 0 Å². The number of rotatable bonds is 8. The molecule has 3 aliphatic rings. The van der Waals surface area contributed by atoms with Gasteiger partial charge in [0, 0.05) is 44.3 Å². The molecular weight excluding hydrogens is 861 g/mol. The minimum atomic E-state index is -1.06. The lowest BCUT2D eigenvalue weighted by Crippen LogP contribution is -2.45. The van der Waals surface area contributed by atoms with Crippen molar-refractivity contribution in [3.63, 3.8) is 0 Å². The number of piperidine rings is 2. The Morgan fingerprint density at radius 3 is 1.66 bits per heavy atom. The number of carboxylic acid groups (broad SMARTS) is 1. The maximum absolute atomic E-state index is 13.4. The van der Waals surface area contributed by atoms with E-state index in [9.17, 15) is 19.8 Å². The first-order valence-corrected chi connectivity index (χ1v) is 23.3. The van der Waals surface area contributed by atoms with Crippen LogP contribution in [0.4, 0.5) is 0 Å². The van der Waals surface area contributed by atoms with Crippen LogP contribution in [-0.4, -0.2) is 110 Å². The molecule has 20 heteroatoms. The molecule has 0 aliphatic carbocycles. The van der Waals surface area contributed by atoms with E-state index < -0.39 is 17.2 Å². The van der Waals surface area contributed by atoms with Gasteiger partial charge in [-0.1, -0.05) is 0 Å². The summed E-state index contributed by atoms with van der Waals surface area (Å²) in [5, 5.41) is 53.4. The second kappa shape index (κ2) is 21.2. The Kier molecular flexibility index (Phi) is 16.0. The molecule has 0 aromatic carbocycles. The number of ether oxygens (including phenoxy) is 1. The van der Waals surface area contributed by atoms with Gasteiger partial charge in [-0.2, -0.15) is 20.4 Å². The summed E-state index contributed by atoms with van der Waals surface area (Å²) in [5.74, 6) is 2.02. The molecule has 6 aromatic heterocycles. The maximum Gasteiger partial charge on any atom is 0.338 e. The minimum Gasteiger partial charge on any atom is -0.478 e. The topological polar surface area (TPSA) is 233 Å². The van der Waals surface area contributed by atoms with Crippen molar-refractivity contribution in [3.05, 3.63) is 93.5 Å². The molecule has 2 unspecified atom stereocenters. The summed E-state index contributed by atoms with van der Waals surface area (Å²) in [7, 11) is 0. The number of aliphatic hydroxyl groups is 2. The van der Waals surface area contributed by atoms with Crippen LogP contribution in [0.15, 0.2) is 56.5 Å². The molecule has 0 spiro atoms. The number of carbonyl (C=O) groups is 2. The van der Waals surface area contributed by atoms with E-state index in [1.54, 1.807) is 45.5 Å². The second-order valence-corrected chi connectivity index (χ2v) is 19.0. The van der Waals surface area contributed by atoms with Crippen LogP contribution in [0.2, 0.25) is 0 Å². The molecule has 4 N–H and O–H groups in total. The lowest BCUT2D eigenvalue weighted by Gasteiger charge is -2.37. The van der Waals surface area contributed by atoms with Gasteiger partial charge in [-0.25, -0.2) is 14.8 Å². The molecule has 18 nitrogen and oxygen atoms in total. The number of nitrogens with zero attached hydrogens (tertiary/aromatic N) is 9. The van der Waals surface area contributed by atoms with Gasteiger partial charge in [-0.15, -0.1) is 32.3 Å². The quantitative estimate of drug-likeness (QED) is 0.119. The molecule has 346 valence electrons. The van der Waals surface area contributed by atoms with Gasteiger partial charge in [0.15, 0.2) is 21.8 Å². The van der Waals surface area contributed by atoms with Crippen molar-refractivity contribution in [2.45, 2.75) is 129 Å². The van der Waals surface area contributed by atoms with Crippen molar-refractivity contribution in [1.29, 1.82) is 0 Å². The Morgan fingerprint density at radius 1 is 0.734 bits per heavy atom. The summed E-state index contributed by atoms with van der Waals surface area (Å²) in [6, 6.07) is 4.05. The molecule has 1 amide bonds. The van der Waals surface area contributed by atoms with E-state index in [4.69, 9.17) is 18.7 Å². The van der Waals surface area contributed by atoms with Gasteiger partial charge in [0.1, 0.15) is 34.1 Å². The number of carbonyl (C=O) groups excluding carboxylic acids is 1. The van der Waals surface area contributed by atoms with E-state index >= 15 is 0 Å². The van der Waals surface area contributed by atoms with Gasteiger partial charge in [-0.05, 0) is 117 Å². The van der Waals surface area contributed by atoms with Crippen LogP contribution in [-0.2, 0) is 15.9 Å². The van der Waals surface area contributed by atoms with E-state index in [0.29, 0.717) is 57.1 Å².